The summed E-state index contributed by atoms with van der Waals surface area (Å²) in [4.78, 5) is 26.7. The lowest BCUT2D eigenvalue weighted by atomic mass is 9.80. The number of aromatic nitrogens is 4. The van der Waals surface area contributed by atoms with Crippen LogP contribution in [0.15, 0.2) is 24.4 Å². The van der Waals surface area contributed by atoms with E-state index in [0.29, 0.717) is 33.6 Å². The third kappa shape index (κ3) is 6.57. The molecule has 9 nitrogen and oxygen atoms in total. The molecule has 2 aromatic heterocycles. The van der Waals surface area contributed by atoms with E-state index >= 15 is 0 Å². The molecule has 2 fully saturated rings. The van der Waals surface area contributed by atoms with Crippen LogP contribution in [0.5, 0.6) is 0 Å². The van der Waals surface area contributed by atoms with Gasteiger partial charge >= 0.3 is 6.09 Å². The molecule has 3 aromatic rings. The van der Waals surface area contributed by atoms with Crippen molar-refractivity contribution in [1.82, 2.24) is 24.6 Å². The maximum absolute atomic E-state index is 12.7. The number of hydrogen-bond donors (Lipinski definition) is 1. The summed E-state index contributed by atoms with van der Waals surface area (Å²) in [7, 11) is 1.89. The van der Waals surface area contributed by atoms with Crippen molar-refractivity contribution in [3.8, 4) is 0 Å². The van der Waals surface area contributed by atoms with Gasteiger partial charge < -0.3 is 19.9 Å². The fraction of sp³-hybridized carbons (Fsp3) is 0.586. The molecular formula is C29H39Cl2N7O2. The van der Waals surface area contributed by atoms with Crippen LogP contribution in [0.2, 0.25) is 10.0 Å². The van der Waals surface area contributed by atoms with Crippen molar-refractivity contribution >= 4 is 52.1 Å². The van der Waals surface area contributed by atoms with E-state index in [0.717, 1.165) is 68.5 Å². The van der Waals surface area contributed by atoms with Crippen molar-refractivity contribution in [2.45, 2.75) is 65.0 Å². The molecule has 4 heterocycles. The number of fused-ring (bicyclic) bond motifs is 1. The number of nitrogens with zero attached hydrogens (tertiary/aromatic N) is 6. The van der Waals surface area contributed by atoms with E-state index in [1.807, 2.05) is 58.0 Å². The highest BCUT2D eigenvalue weighted by Gasteiger charge is 2.34. The van der Waals surface area contributed by atoms with Crippen LogP contribution in [0.3, 0.4) is 0 Å². The van der Waals surface area contributed by atoms with Crippen molar-refractivity contribution in [2.75, 3.05) is 36.4 Å². The summed E-state index contributed by atoms with van der Waals surface area (Å²) in [5.41, 5.74) is 1.98. The Hall–Kier alpha value is -2.78. The molecule has 11 heteroatoms. The van der Waals surface area contributed by atoms with Gasteiger partial charge in [0.05, 0.1) is 12.2 Å². The minimum atomic E-state index is -0.475. The second-order valence-electron chi connectivity index (χ2n) is 12.1. The topological polar surface area (TPSA) is 88.4 Å². The zero-order valence-electron chi connectivity index (χ0n) is 24.0. The third-order valence-corrected chi connectivity index (χ3v) is 8.41. The fourth-order valence-corrected chi connectivity index (χ4v) is 6.42. The zero-order valence-corrected chi connectivity index (χ0v) is 25.5. The Labute approximate surface area is 246 Å². The Bertz CT molecular complexity index is 1360. The maximum atomic E-state index is 12.7. The van der Waals surface area contributed by atoms with Crippen LogP contribution < -0.4 is 10.2 Å². The number of likely N-dealkylation sites (tertiary alicyclic amines) is 1. The van der Waals surface area contributed by atoms with E-state index in [2.05, 4.69) is 15.3 Å². The number of benzene rings is 1. The first kappa shape index (κ1) is 28.7. The minimum Gasteiger partial charge on any atom is -0.444 e. The van der Waals surface area contributed by atoms with Crippen molar-refractivity contribution in [2.24, 2.45) is 18.9 Å². The summed E-state index contributed by atoms with van der Waals surface area (Å²) >= 11 is 12.6. The Morgan fingerprint density at radius 3 is 2.55 bits per heavy atom. The van der Waals surface area contributed by atoms with Crippen LogP contribution in [-0.4, -0.2) is 62.5 Å². The number of piperidine rings is 2. The first-order valence-electron chi connectivity index (χ1n) is 14.1. The highest BCUT2D eigenvalue weighted by Crippen LogP contribution is 2.35. The summed E-state index contributed by atoms with van der Waals surface area (Å²) < 4.78 is 7.40. The molecule has 0 saturated carbocycles. The van der Waals surface area contributed by atoms with Gasteiger partial charge in [0.25, 0.3) is 0 Å². The van der Waals surface area contributed by atoms with Gasteiger partial charge in [0, 0.05) is 43.3 Å². The maximum Gasteiger partial charge on any atom is 0.410 e. The Morgan fingerprint density at radius 1 is 1.10 bits per heavy atom. The number of aryl methyl sites for hydroxylation is 1. The molecule has 1 unspecified atom stereocenters. The van der Waals surface area contributed by atoms with Crippen LogP contribution in [0.25, 0.3) is 11.0 Å². The number of nitrogens with one attached hydrogen (secondary N) is 1. The van der Waals surface area contributed by atoms with Gasteiger partial charge in [-0.2, -0.15) is 10.1 Å². The van der Waals surface area contributed by atoms with Crippen LogP contribution in [0.1, 0.15) is 65.0 Å². The first-order valence-corrected chi connectivity index (χ1v) is 14.9. The fourth-order valence-electron chi connectivity index (χ4n) is 5.85. The van der Waals surface area contributed by atoms with Crippen LogP contribution in [0, 0.1) is 11.8 Å². The molecular weight excluding hydrogens is 549 g/mol. The Kier molecular flexibility index (Phi) is 8.34. The number of hydrogen-bond acceptors (Lipinski definition) is 7. The summed E-state index contributed by atoms with van der Waals surface area (Å²) in [6.07, 6.45) is 5.99. The zero-order chi connectivity index (χ0) is 28.6. The number of carbonyl (C=O) groups is 1. The molecule has 216 valence electrons. The Balaban J connectivity index is 1.28. The second kappa shape index (κ2) is 11.6. The van der Waals surface area contributed by atoms with Crippen LogP contribution >= 0.6 is 23.2 Å². The van der Waals surface area contributed by atoms with Gasteiger partial charge in [-0.05, 0) is 82.9 Å². The minimum absolute atomic E-state index is 0.109. The highest BCUT2D eigenvalue weighted by molar-refractivity contribution is 6.35. The number of anilines is 2. The smallest absolute Gasteiger partial charge is 0.410 e. The molecule has 2 saturated heterocycles. The highest BCUT2D eigenvalue weighted by atomic mass is 35.5. The van der Waals surface area contributed by atoms with E-state index in [1.165, 1.54) is 0 Å². The predicted molar refractivity (Wildman–Crippen MR) is 160 cm³/mol. The lowest BCUT2D eigenvalue weighted by Crippen LogP contribution is -2.46. The monoisotopic (exact) mass is 587 g/mol. The summed E-state index contributed by atoms with van der Waals surface area (Å²) in [5.74, 6) is 2.44. The lowest BCUT2D eigenvalue weighted by Gasteiger charge is -2.41. The second-order valence-corrected chi connectivity index (χ2v) is 12.9. The van der Waals surface area contributed by atoms with Gasteiger partial charge in [0.15, 0.2) is 11.3 Å². The van der Waals surface area contributed by atoms with Gasteiger partial charge in [0.2, 0.25) is 5.95 Å². The summed E-state index contributed by atoms with van der Waals surface area (Å²) in [5, 5.41) is 9.34. The average molecular weight is 589 g/mol. The number of rotatable bonds is 5. The quantitative estimate of drug-likeness (QED) is 0.355. The van der Waals surface area contributed by atoms with Crippen molar-refractivity contribution < 1.29 is 9.53 Å². The van der Waals surface area contributed by atoms with Gasteiger partial charge in [-0.15, -0.1) is 0 Å². The van der Waals surface area contributed by atoms with Crippen LogP contribution in [-0.2, 0) is 11.8 Å². The molecule has 2 aliphatic heterocycles. The molecule has 5 rings (SSSR count). The molecule has 40 heavy (non-hydrogen) atoms. The van der Waals surface area contributed by atoms with E-state index in [1.54, 1.807) is 10.7 Å². The van der Waals surface area contributed by atoms with Gasteiger partial charge in [0.1, 0.15) is 11.1 Å². The van der Waals surface area contributed by atoms with Crippen LogP contribution in [0.4, 0.5) is 16.6 Å². The number of ether oxygens (including phenoxy) is 1. The van der Waals surface area contributed by atoms with Gasteiger partial charge in [-0.3, -0.25) is 4.68 Å². The molecule has 2 atom stereocenters. The lowest BCUT2D eigenvalue weighted by molar-refractivity contribution is 0.0119. The van der Waals surface area contributed by atoms with Gasteiger partial charge in [-0.25, -0.2) is 9.78 Å². The van der Waals surface area contributed by atoms with E-state index < -0.39 is 5.60 Å². The SMILES string of the molecule is C[C@@H](Nc1nc(N2CCC(C3CCCN(C(=O)OC(C)(C)C)C3)CC2)nc2cn(C)nc12)c1ccc(Cl)cc1Cl. The van der Waals surface area contributed by atoms with Gasteiger partial charge in [-0.1, -0.05) is 29.3 Å². The van der Waals surface area contributed by atoms with Crippen molar-refractivity contribution in [3.63, 3.8) is 0 Å². The molecule has 0 radical (unpaired) electrons. The molecule has 0 spiro atoms. The standard InChI is InChI=1S/C29H39Cl2N7O2/c1-18(22-9-8-21(30)15-23(22)31)32-26-25-24(17-36(5)35-25)33-27(34-26)37-13-10-19(11-14-37)20-7-6-12-38(16-20)28(39)40-29(2,3)4/h8-9,15,17-20H,6-7,10-14,16H2,1-5H3,(H,32,33,34)/t18-,20?/m1/s1. The van der Waals surface area contributed by atoms with Crippen molar-refractivity contribution in [3.05, 3.63) is 40.0 Å². The largest absolute Gasteiger partial charge is 0.444 e. The van der Waals surface area contributed by atoms with E-state index in [-0.39, 0.29) is 12.1 Å². The number of halogens is 2. The summed E-state index contributed by atoms with van der Waals surface area (Å²) in [6, 6.07) is 5.41. The predicted octanol–water partition coefficient (Wildman–Crippen LogP) is 6.71. The Morgan fingerprint density at radius 2 is 1.85 bits per heavy atom. The molecule has 0 bridgehead atoms. The molecule has 2 aliphatic rings. The van der Waals surface area contributed by atoms with E-state index in [4.69, 9.17) is 37.9 Å². The first-order chi connectivity index (χ1) is 19.0. The molecule has 1 aromatic carbocycles. The molecule has 1 N–H and O–H groups in total. The normalized spacial score (nSPS) is 19.6. The number of carbonyl (C=O) groups excluding carboxylic acids is 1. The number of amides is 1. The van der Waals surface area contributed by atoms with E-state index in [9.17, 15) is 4.79 Å². The molecule has 1 amide bonds. The van der Waals surface area contributed by atoms with Crippen molar-refractivity contribution in [1.29, 1.82) is 0 Å². The summed E-state index contributed by atoms with van der Waals surface area (Å²) in [6.45, 7) is 11.1. The third-order valence-electron chi connectivity index (χ3n) is 7.85. The molecule has 0 aliphatic carbocycles. The average Bonchev–Trinajstić information content (AvgIpc) is 3.28.